The third-order valence-electron chi connectivity index (χ3n) is 5.77. The Morgan fingerprint density at radius 1 is 1.06 bits per heavy atom. The lowest BCUT2D eigenvalue weighted by Gasteiger charge is -2.12. The van der Waals surface area contributed by atoms with Crippen LogP contribution in [0.15, 0.2) is 67.4 Å². The van der Waals surface area contributed by atoms with Crippen LogP contribution in [0.1, 0.15) is 57.9 Å². The van der Waals surface area contributed by atoms with Crippen molar-refractivity contribution in [1.29, 1.82) is 0 Å². The van der Waals surface area contributed by atoms with Gasteiger partial charge >= 0.3 is 0 Å². The van der Waals surface area contributed by atoms with E-state index < -0.39 is 5.82 Å². The Hall–Kier alpha value is -2.98. The monoisotopic (exact) mass is 461 g/mol. The number of allylic oxidation sites excluding steroid dienone is 1. The second-order valence-electron chi connectivity index (χ2n) is 8.64. The Morgan fingerprint density at radius 2 is 1.94 bits per heavy atom. The fourth-order valence-corrected chi connectivity index (χ4v) is 3.81. The molecule has 0 saturated heterocycles. The lowest BCUT2D eigenvalue weighted by Crippen LogP contribution is -2.08. The second kappa shape index (κ2) is 13.7. The van der Waals surface area contributed by atoms with Crippen LogP contribution < -0.4 is 4.74 Å². The minimum atomic E-state index is -0.404. The number of rotatable bonds is 14. The smallest absolute Gasteiger partial charge is 0.165 e. The molecule has 3 aromatic rings. The molecule has 0 amide bonds. The van der Waals surface area contributed by atoms with Gasteiger partial charge in [-0.1, -0.05) is 56.7 Å². The minimum Gasteiger partial charge on any atom is -0.486 e. The molecule has 0 radical (unpaired) electrons. The van der Waals surface area contributed by atoms with E-state index in [4.69, 9.17) is 9.47 Å². The molecule has 34 heavy (non-hydrogen) atoms. The average molecular weight is 462 g/mol. The molecule has 3 nitrogen and oxygen atoms in total. The van der Waals surface area contributed by atoms with E-state index >= 15 is 0 Å². The first-order valence-electron chi connectivity index (χ1n) is 12.3. The summed E-state index contributed by atoms with van der Waals surface area (Å²) in [5.74, 6) is -0.186. The van der Waals surface area contributed by atoms with Crippen molar-refractivity contribution < 1.29 is 13.9 Å². The number of nitrogens with zero attached hydrogens (tertiary/aromatic N) is 1. The van der Waals surface area contributed by atoms with Crippen molar-refractivity contribution in [2.75, 3.05) is 13.2 Å². The SMILES string of the molecule is C=CCOc1ccc(-c2cc3ccc(/C=C/CCCC(C)OCCCCC)cc3cn2)cc1F. The van der Waals surface area contributed by atoms with Crippen LogP contribution in [-0.4, -0.2) is 24.3 Å². The highest BCUT2D eigenvalue weighted by molar-refractivity contribution is 5.87. The molecule has 1 atom stereocenters. The van der Waals surface area contributed by atoms with Crippen molar-refractivity contribution in [3.8, 4) is 17.0 Å². The van der Waals surface area contributed by atoms with Crippen molar-refractivity contribution in [1.82, 2.24) is 4.98 Å². The zero-order valence-electron chi connectivity index (χ0n) is 20.4. The number of unbranched alkanes of at least 4 members (excludes halogenated alkanes) is 3. The first kappa shape index (κ1) is 25.6. The summed E-state index contributed by atoms with van der Waals surface area (Å²) in [6.07, 6.45) is 15.0. The van der Waals surface area contributed by atoms with Gasteiger partial charge in [-0.3, -0.25) is 4.98 Å². The van der Waals surface area contributed by atoms with E-state index in [9.17, 15) is 4.39 Å². The maximum atomic E-state index is 14.3. The van der Waals surface area contributed by atoms with Gasteiger partial charge in [-0.15, -0.1) is 0 Å². The number of hydrogen-bond donors (Lipinski definition) is 0. The zero-order valence-corrected chi connectivity index (χ0v) is 20.4. The summed E-state index contributed by atoms with van der Waals surface area (Å²) in [5, 5.41) is 2.13. The number of aromatic nitrogens is 1. The number of fused-ring (bicyclic) bond motifs is 1. The normalized spacial score (nSPS) is 12.3. The highest BCUT2D eigenvalue weighted by Crippen LogP contribution is 2.27. The average Bonchev–Trinajstić information content (AvgIpc) is 2.85. The van der Waals surface area contributed by atoms with E-state index in [1.54, 1.807) is 12.1 Å². The Bertz CT molecular complexity index is 1090. The first-order chi connectivity index (χ1) is 16.6. The molecule has 0 N–H and O–H groups in total. The molecule has 1 aromatic heterocycles. The zero-order chi connectivity index (χ0) is 24.2. The molecular formula is C30H36FNO2. The van der Waals surface area contributed by atoms with Gasteiger partial charge in [-0.05, 0) is 73.9 Å². The summed E-state index contributed by atoms with van der Waals surface area (Å²) in [6, 6.07) is 13.2. The lowest BCUT2D eigenvalue weighted by atomic mass is 10.0. The highest BCUT2D eigenvalue weighted by Gasteiger charge is 2.08. The molecule has 0 aliphatic rings. The minimum absolute atomic E-state index is 0.217. The predicted octanol–water partition coefficient (Wildman–Crippen LogP) is 8.38. The third-order valence-corrected chi connectivity index (χ3v) is 5.77. The summed E-state index contributed by atoms with van der Waals surface area (Å²) in [5.41, 5.74) is 2.61. The molecule has 0 aliphatic heterocycles. The lowest BCUT2D eigenvalue weighted by molar-refractivity contribution is 0.0566. The van der Waals surface area contributed by atoms with E-state index in [1.165, 1.54) is 18.9 Å². The molecule has 0 fully saturated rings. The molecule has 0 spiro atoms. The summed E-state index contributed by atoms with van der Waals surface area (Å²) in [7, 11) is 0. The maximum absolute atomic E-state index is 14.3. The molecule has 2 aromatic carbocycles. The summed E-state index contributed by atoms with van der Waals surface area (Å²) < 4.78 is 25.5. The summed E-state index contributed by atoms with van der Waals surface area (Å²) in [6.45, 7) is 9.11. The predicted molar refractivity (Wildman–Crippen MR) is 141 cm³/mol. The Balaban J connectivity index is 1.55. The Labute approximate surface area is 203 Å². The number of hydrogen-bond acceptors (Lipinski definition) is 3. The summed E-state index contributed by atoms with van der Waals surface area (Å²) >= 11 is 0. The van der Waals surface area contributed by atoms with Crippen LogP contribution in [0.3, 0.4) is 0 Å². The van der Waals surface area contributed by atoms with Crippen LogP contribution in [0.2, 0.25) is 0 Å². The van der Waals surface area contributed by atoms with Gasteiger partial charge in [-0.2, -0.15) is 0 Å². The van der Waals surface area contributed by atoms with Gasteiger partial charge in [0.15, 0.2) is 11.6 Å². The molecule has 4 heteroatoms. The van der Waals surface area contributed by atoms with Crippen LogP contribution in [0, 0.1) is 5.82 Å². The van der Waals surface area contributed by atoms with Crippen molar-refractivity contribution >= 4 is 16.8 Å². The molecule has 1 unspecified atom stereocenters. The van der Waals surface area contributed by atoms with E-state index in [0.717, 1.165) is 59.9 Å². The topological polar surface area (TPSA) is 31.4 Å². The quantitative estimate of drug-likeness (QED) is 0.178. The molecule has 0 bridgehead atoms. The first-order valence-corrected chi connectivity index (χ1v) is 12.3. The molecule has 0 aliphatic carbocycles. The number of benzene rings is 2. The van der Waals surface area contributed by atoms with Gasteiger partial charge < -0.3 is 9.47 Å². The summed E-state index contributed by atoms with van der Waals surface area (Å²) in [4.78, 5) is 4.55. The number of pyridine rings is 1. The van der Waals surface area contributed by atoms with Gasteiger partial charge in [0.1, 0.15) is 6.61 Å². The van der Waals surface area contributed by atoms with Gasteiger partial charge in [0.25, 0.3) is 0 Å². The van der Waals surface area contributed by atoms with Gasteiger partial charge in [0.2, 0.25) is 0 Å². The van der Waals surface area contributed by atoms with E-state index in [0.29, 0.717) is 6.10 Å². The second-order valence-corrected chi connectivity index (χ2v) is 8.64. The molecule has 180 valence electrons. The Morgan fingerprint density at radius 3 is 2.74 bits per heavy atom. The van der Waals surface area contributed by atoms with Crippen LogP contribution in [0.5, 0.6) is 5.75 Å². The van der Waals surface area contributed by atoms with Crippen LogP contribution >= 0.6 is 0 Å². The fraction of sp³-hybridized carbons (Fsp3) is 0.367. The molecule has 1 heterocycles. The standard InChI is InChI=1S/C30H36FNO2/c1-4-6-10-18-33-23(3)11-8-7-9-12-24-13-14-25-21-29(32-22-27(25)19-24)26-15-16-30(28(31)20-26)34-17-5-2/h5,9,12-16,19-23H,2,4,6-8,10-11,17-18H2,1,3H3/b12-9+. The molecule has 0 saturated carbocycles. The van der Waals surface area contributed by atoms with E-state index in [1.807, 2.05) is 18.3 Å². The van der Waals surface area contributed by atoms with E-state index in [2.05, 4.69) is 55.8 Å². The number of halogens is 1. The molecular weight excluding hydrogens is 425 g/mol. The van der Waals surface area contributed by atoms with Crippen molar-refractivity contribution in [3.63, 3.8) is 0 Å². The third kappa shape index (κ3) is 7.81. The Kier molecular flexibility index (Phi) is 10.3. The van der Waals surface area contributed by atoms with Gasteiger partial charge in [0, 0.05) is 23.8 Å². The van der Waals surface area contributed by atoms with Crippen molar-refractivity contribution in [2.24, 2.45) is 0 Å². The fourth-order valence-electron chi connectivity index (χ4n) is 3.81. The number of ether oxygens (including phenoxy) is 2. The van der Waals surface area contributed by atoms with E-state index in [-0.39, 0.29) is 12.4 Å². The van der Waals surface area contributed by atoms with Gasteiger partial charge in [0.05, 0.1) is 11.8 Å². The largest absolute Gasteiger partial charge is 0.486 e. The highest BCUT2D eigenvalue weighted by atomic mass is 19.1. The maximum Gasteiger partial charge on any atom is 0.165 e. The van der Waals surface area contributed by atoms with Crippen LogP contribution in [0.25, 0.3) is 28.1 Å². The molecule has 3 rings (SSSR count). The van der Waals surface area contributed by atoms with Crippen molar-refractivity contribution in [3.05, 3.63) is 78.8 Å². The van der Waals surface area contributed by atoms with Crippen molar-refractivity contribution in [2.45, 2.75) is 58.5 Å². The van der Waals surface area contributed by atoms with Crippen LogP contribution in [0.4, 0.5) is 4.39 Å². The van der Waals surface area contributed by atoms with Gasteiger partial charge in [-0.25, -0.2) is 4.39 Å². The van der Waals surface area contributed by atoms with Crippen LogP contribution in [-0.2, 0) is 4.74 Å².